The Hall–Kier alpha value is -2.97. The minimum absolute atomic E-state index is 0.0315. The average Bonchev–Trinajstić information content (AvgIpc) is 3.45. The first-order valence-corrected chi connectivity index (χ1v) is 11.6. The fraction of sp³-hybridized carbons (Fsp3) is 0.440. The summed E-state index contributed by atoms with van der Waals surface area (Å²) in [5.41, 5.74) is 4.45. The molecule has 2 fully saturated rings. The van der Waals surface area contributed by atoms with Gasteiger partial charge >= 0.3 is 0 Å². The molecule has 2 saturated heterocycles. The lowest BCUT2D eigenvalue weighted by Gasteiger charge is -2.33. The highest BCUT2D eigenvalue weighted by atomic mass is 19.1. The van der Waals surface area contributed by atoms with Crippen LogP contribution in [0.1, 0.15) is 45.7 Å². The Kier molecular flexibility index (Phi) is 5.80. The molecule has 0 radical (unpaired) electrons. The molecule has 0 saturated carbocycles. The summed E-state index contributed by atoms with van der Waals surface area (Å²) in [4.78, 5) is 33.8. The van der Waals surface area contributed by atoms with Crippen LogP contribution in [0.5, 0.6) is 0 Å². The highest BCUT2D eigenvalue weighted by molar-refractivity contribution is 6.34. The number of morpholine rings is 1. The number of benzene rings is 1. The van der Waals surface area contributed by atoms with E-state index in [0.29, 0.717) is 28.1 Å². The zero-order chi connectivity index (χ0) is 23.1. The molecule has 2 aromatic rings. The first-order chi connectivity index (χ1) is 15.9. The van der Waals surface area contributed by atoms with Gasteiger partial charge in [0, 0.05) is 54.9 Å². The number of aromatic nitrogens is 1. The first kappa shape index (κ1) is 21.9. The molecule has 0 aliphatic carbocycles. The predicted octanol–water partition coefficient (Wildman–Crippen LogP) is 3.20. The van der Waals surface area contributed by atoms with E-state index in [1.54, 1.807) is 12.1 Å². The third-order valence-electron chi connectivity index (χ3n) is 6.95. The summed E-state index contributed by atoms with van der Waals surface area (Å²) in [7, 11) is 0. The second-order valence-electron chi connectivity index (χ2n) is 9.07. The van der Waals surface area contributed by atoms with Gasteiger partial charge in [-0.1, -0.05) is 0 Å². The van der Waals surface area contributed by atoms with Crippen LogP contribution in [0.3, 0.4) is 0 Å². The standard InChI is InChI=1S/C25H29FN4O3/c1-15-22(13-20-19-12-17(26)5-6-21(19)28-24(20)31)27-16(2)23(15)25(32)30-7-3-4-18(30)14-29-8-10-33-11-9-29/h5-6,12-13,18,27H,3-4,7-11,14H2,1-2H3,(H,28,31). The summed E-state index contributed by atoms with van der Waals surface area (Å²) in [6, 6.07) is 4.44. The lowest BCUT2D eigenvalue weighted by atomic mass is 10.0. The second-order valence-corrected chi connectivity index (χ2v) is 9.07. The van der Waals surface area contributed by atoms with Gasteiger partial charge in [-0.15, -0.1) is 0 Å². The SMILES string of the molecule is Cc1[nH]c(C=C2C(=O)Nc3ccc(F)cc32)c(C)c1C(=O)N1CCCC1CN1CCOCC1. The Labute approximate surface area is 192 Å². The molecule has 0 bridgehead atoms. The van der Waals surface area contributed by atoms with E-state index in [1.165, 1.54) is 12.1 Å². The molecular weight excluding hydrogens is 423 g/mol. The number of fused-ring (bicyclic) bond motifs is 1. The number of halogens is 1. The van der Waals surface area contributed by atoms with Crippen molar-refractivity contribution in [2.45, 2.75) is 32.7 Å². The number of nitrogens with one attached hydrogen (secondary N) is 2. The van der Waals surface area contributed by atoms with Crippen molar-refractivity contribution < 1.29 is 18.7 Å². The quantitative estimate of drug-likeness (QED) is 0.699. The van der Waals surface area contributed by atoms with Crippen molar-refractivity contribution in [1.29, 1.82) is 0 Å². The van der Waals surface area contributed by atoms with Crippen LogP contribution in [-0.2, 0) is 9.53 Å². The van der Waals surface area contributed by atoms with E-state index in [2.05, 4.69) is 15.2 Å². The summed E-state index contributed by atoms with van der Waals surface area (Å²) in [6.45, 7) is 8.71. The molecule has 1 aromatic heterocycles. The van der Waals surface area contributed by atoms with Gasteiger partial charge in [-0.3, -0.25) is 14.5 Å². The van der Waals surface area contributed by atoms with Crippen LogP contribution in [0.2, 0.25) is 0 Å². The lowest BCUT2D eigenvalue weighted by molar-refractivity contribution is -0.110. The monoisotopic (exact) mass is 452 g/mol. The van der Waals surface area contributed by atoms with Crippen LogP contribution in [-0.4, -0.2) is 72.0 Å². The maximum atomic E-state index is 13.8. The number of carbonyl (C=O) groups is 2. The molecule has 1 atom stereocenters. The number of H-pyrrole nitrogens is 1. The third kappa shape index (κ3) is 4.09. The van der Waals surface area contributed by atoms with E-state index >= 15 is 0 Å². The van der Waals surface area contributed by atoms with E-state index in [-0.39, 0.29) is 17.9 Å². The van der Waals surface area contributed by atoms with Crippen molar-refractivity contribution in [1.82, 2.24) is 14.8 Å². The molecule has 3 aliphatic rings. The van der Waals surface area contributed by atoms with Crippen molar-refractivity contribution in [3.05, 3.63) is 52.1 Å². The largest absolute Gasteiger partial charge is 0.379 e. The highest BCUT2D eigenvalue weighted by Crippen LogP contribution is 2.35. The van der Waals surface area contributed by atoms with Gasteiger partial charge in [0.2, 0.25) is 0 Å². The van der Waals surface area contributed by atoms with Crippen LogP contribution in [0, 0.1) is 19.7 Å². The van der Waals surface area contributed by atoms with Crippen molar-refractivity contribution in [2.24, 2.45) is 0 Å². The fourth-order valence-corrected chi connectivity index (χ4v) is 5.21. The van der Waals surface area contributed by atoms with Crippen LogP contribution in [0.4, 0.5) is 10.1 Å². The number of hydrogen-bond acceptors (Lipinski definition) is 4. The van der Waals surface area contributed by atoms with Gasteiger partial charge in [-0.25, -0.2) is 4.39 Å². The highest BCUT2D eigenvalue weighted by Gasteiger charge is 2.33. The smallest absolute Gasteiger partial charge is 0.256 e. The molecule has 33 heavy (non-hydrogen) atoms. The van der Waals surface area contributed by atoms with Gasteiger partial charge in [-0.05, 0) is 56.5 Å². The zero-order valence-corrected chi connectivity index (χ0v) is 19.0. The Morgan fingerprint density at radius 2 is 2.03 bits per heavy atom. The number of ether oxygens (including phenoxy) is 1. The Morgan fingerprint density at radius 1 is 1.24 bits per heavy atom. The van der Waals surface area contributed by atoms with E-state index < -0.39 is 5.82 Å². The van der Waals surface area contributed by atoms with Crippen LogP contribution in [0.25, 0.3) is 11.6 Å². The van der Waals surface area contributed by atoms with Gasteiger partial charge in [0.25, 0.3) is 11.8 Å². The van der Waals surface area contributed by atoms with Gasteiger partial charge in [0.05, 0.1) is 24.4 Å². The van der Waals surface area contributed by atoms with E-state index in [1.807, 2.05) is 18.7 Å². The van der Waals surface area contributed by atoms with Gasteiger partial charge in [0.1, 0.15) is 5.82 Å². The summed E-state index contributed by atoms with van der Waals surface area (Å²) >= 11 is 0. The summed E-state index contributed by atoms with van der Waals surface area (Å²) in [5.74, 6) is -0.643. The molecule has 7 nitrogen and oxygen atoms in total. The van der Waals surface area contributed by atoms with Crippen molar-refractivity contribution in [3.63, 3.8) is 0 Å². The Balaban J connectivity index is 1.41. The maximum Gasteiger partial charge on any atom is 0.256 e. The molecule has 4 heterocycles. The van der Waals surface area contributed by atoms with Gasteiger partial charge in [0.15, 0.2) is 0 Å². The molecule has 3 aliphatic heterocycles. The zero-order valence-electron chi connectivity index (χ0n) is 19.0. The van der Waals surface area contributed by atoms with E-state index in [9.17, 15) is 14.0 Å². The number of rotatable bonds is 4. The average molecular weight is 453 g/mol. The van der Waals surface area contributed by atoms with Crippen molar-refractivity contribution in [2.75, 3.05) is 44.7 Å². The number of aromatic amines is 1. The molecule has 5 rings (SSSR count). The molecular formula is C25H29FN4O3. The number of amides is 2. The topological polar surface area (TPSA) is 77.7 Å². The van der Waals surface area contributed by atoms with Gasteiger partial charge < -0.3 is 19.9 Å². The number of hydrogen-bond donors (Lipinski definition) is 2. The maximum absolute atomic E-state index is 13.8. The third-order valence-corrected chi connectivity index (χ3v) is 6.95. The van der Waals surface area contributed by atoms with E-state index in [0.717, 1.165) is 63.5 Å². The first-order valence-electron chi connectivity index (χ1n) is 11.6. The van der Waals surface area contributed by atoms with Crippen LogP contribution in [0.15, 0.2) is 18.2 Å². The fourth-order valence-electron chi connectivity index (χ4n) is 5.21. The number of carbonyl (C=O) groups excluding carboxylic acids is 2. The van der Waals surface area contributed by atoms with Gasteiger partial charge in [-0.2, -0.15) is 0 Å². The lowest BCUT2D eigenvalue weighted by Crippen LogP contribution is -2.46. The Morgan fingerprint density at radius 3 is 2.82 bits per heavy atom. The van der Waals surface area contributed by atoms with Crippen LogP contribution >= 0.6 is 0 Å². The van der Waals surface area contributed by atoms with E-state index in [4.69, 9.17) is 4.74 Å². The number of aryl methyl sites for hydroxylation is 1. The molecule has 8 heteroatoms. The minimum Gasteiger partial charge on any atom is -0.379 e. The summed E-state index contributed by atoms with van der Waals surface area (Å²) in [5, 5.41) is 2.77. The number of likely N-dealkylation sites (tertiary alicyclic amines) is 1. The minimum atomic E-state index is -0.397. The number of nitrogens with zero attached hydrogens (tertiary/aromatic N) is 2. The molecule has 174 valence electrons. The number of anilines is 1. The Bertz CT molecular complexity index is 1130. The molecule has 1 aromatic carbocycles. The van der Waals surface area contributed by atoms with Crippen LogP contribution < -0.4 is 5.32 Å². The molecule has 1 unspecified atom stereocenters. The summed E-state index contributed by atoms with van der Waals surface area (Å²) in [6.07, 6.45) is 3.72. The molecule has 2 N–H and O–H groups in total. The predicted molar refractivity (Wildman–Crippen MR) is 124 cm³/mol. The van der Waals surface area contributed by atoms with Crippen molar-refractivity contribution >= 4 is 29.2 Å². The van der Waals surface area contributed by atoms with Crippen molar-refractivity contribution in [3.8, 4) is 0 Å². The second kappa shape index (κ2) is 8.76. The molecule has 2 amide bonds. The molecule has 0 spiro atoms. The normalized spacial score (nSPS) is 22.2. The summed E-state index contributed by atoms with van der Waals surface area (Å²) < 4.78 is 19.2.